The smallest absolute Gasteiger partial charge is 0.344 e. The first-order valence-electron chi connectivity index (χ1n) is 8.12. The molecule has 1 atom stereocenters. The predicted molar refractivity (Wildman–Crippen MR) is 106 cm³/mol. The SMILES string of the molecule is COc1ccc([N+](=O)[O-])cc1NC(=O)[C@@H](C)OC(=O)COc1ccc(Cl)cc1Cl. The Morgan fingerprint density at radius 2 is 1.86 bits per heavy atom. The van der Waals surface area contributed by atoms with E-state index in [0.29, 0.717) is 5.02 Å². The van der Waals surface area contributed by atoms with Crippen LogP contribution in [0.1, 0.15) is 6.92 Å². The van der Waals surface area contributed by atoms with E-state index in [0.717, 1.165) is 6.07 Å². The normalized spacial score (nSPS) is 11.3. The summed E-state index contributed by atoms with van der Waals surface area (Å²) in [5, 5.41) is 14.0. The maximum absolute atomic E-state index is 12.3. The van der Waals surface area contributed by atoms with Gasteiger partial charge in [-0.15, -0.1) is 0 Å². The number of methoxy groups -OCH3 is 1. The van der Waals surface area contributed by atoms with Crippen molar-refractivity contribution in [3.8, 4) is 11.5 Å². The van der Waals surface area contributed by atoms with Gasteiger partial charge in [-0.05, 0) is 31.2 Å². The second kappa shape index (κ2) is 9.94. The molecule has 29 heavy (non-hydrogen) atoms. The van der Waals surface area contributed by atoms with Crippen molar-refractivity contribution in [3.63, 3.8) is 0 Å². The first-order valence-corrected chi connectivity index (χ1v) is 8.87. The number of carbonyl (C=O) groups is 2. The molecule has 9 nitrogen and oxygen atoms in total. The lowest BCUT2D eigenvalue weighted by Crippen LogP contribution is -2.31. The number of nitro groups is 1. The monoisotopic (exact) mass is 442 g/mol. The number of carbonyl (C=O) groups excluding carboxylic acids is 2. The Morgan fingerprint density at radius 3 is 2.48 bits per heavy atom. The molecule has 0 aliphatic heterocycles. The Hall–Kier alpha value is -3.04. The fourth-order valence-electron chi connectivity index (χ4n) is 2.16. The summed E-state index contributed by atoms with van der Waals surface area (Å²) in [6, 6.07) is 8.19. The number of ether oxygens (including phenoxy) is 3. The van der Waals surface area contributed by atoms with Crippen LogP contribution < -0.4 is 14.8 Å². The summed E-state index contributed by atoms with van der Waals surface area (Å²) in [6.45, 7) is 0.853. The second-order valence-corrected chi connectivity index (χ2v) is 6.47. The summed E-state index contributed by atoms with van der Waals surface area (Å²) in [7, 11) is 1.35. The Kier molecular flexibility index (Phi) is 7.63. The summed E-state index contributed by atoms with van der Waals surface area (Å²) in [4.78, 5) is 34.5. The number of amides is 1. The van der Waals surface area contributed by atoms with Gasteiger partial charge < -0.3 is 19.5 Å². The van der Waals surface area contributed by atoms with Crippen LogP contribution in [0.5, 0.6) is 11.5 Å². The molecule has 0 aromatic heterocycles. The second-order valence-electron chi connectivity index (χ2n) is 5.63. The Labute approximate surface area is 175 Å². The average molecular weight is 443 g/mol. The summed E-state index contributed by atoms with van der Waals surface area (Å²) >= 11 is 11.7. The zero-order valence-electron chi connectivity index (χ0n) is 15.3. The molecule has 0 bridgehead atoms. The van der Waals surface area contributed by atoms with E-state index in [4.69, 9.17) is 37.4 Å². The van der Waals surface area contributed by atoms with Gasteiger partial charge in [0.15, 0.2) is 12.7 Å². The third-order valence-corrected chi connectivity index (χ3v) is 4.10. The van der Waals surface area contributed by atoms with Gasteiger partial charge in [0.25, 0.3) is 11.6 Å². The topological polar surface area (TPSA) is 117 Å². The molecule has 11 heteroatoms. The highest BCUT2D eigenvalue weighted by atomic mass is 35.5. The molecule has 154 valence electrons. The Balaban J connectivity index is 1.95. The third kappa shape index (κ3) is 6.23. The predicted octanol–water partition coefficient (Wildman–Crippen LogP) is 3.86. The quantitative estimate of drug-likeness (QED) is 0.374. The van der Waals surface area contributed by atoms with Gasteiger partial charge in [-0.1, -0.05) is 23.2 Å². The van der Waals surface area contributed by atoms with Gasteiger partial charge in [-0.3, -0.25) is 14.9 Å². The number of esters is 1. The molecule has 0 saturated heterocycles. The van der Waals surface area contributed by atoms with Gasteiger partial charge in [0, 0.05) is 17.2 Å². The minimum absolute atomic E-state index is 0.0683. The van der Waals surface area contributed by atoms with Crippen LogP contribution in [-0.2, 0) is 14.3 Å². The van der Waals surface area contributed by atoms with Crippen molar-refractivity contribution in [1.82, 2.24) is 0 Å². The van der Waals surface area contributed by atoms with E-state index in [1.807, 2.05) is 0 Å². The van der Waals surface area contributed by atoms with Crippen molar-refractivity contribution >= 4 is 46.5 Å². The van der Waals surface area contributed by atoms with Gasteiger partial charge in [0.1, 0.15) is 11.5 Å². The van der Waals surface area contributed by atoms with Crippen LogP contribution in [0.4, 0.5) is 11.4 Å². The van der Waals surface area contributed by atoms with Gasteiger partial charge >= 0.3 is 5.97 Å². The molecule has 0 fully saturated rings. The Bertz CT molecular complexity index is 936. The van der Waals surface area contributed by atoms with Crippen molar-refractivity contribution in [2.75, 3.05) is 19.0 Å². The highest BCUT2D eigenvalue weighted by molar-refractivity contribution is 6.35. The molecule has 0 aliphatic rings. The number of non-ortho nitro benzene ring substituents is 1. The summed E-state index contributed by atoms with van der Waals surface area (Å²) in [5.41, 5.74) is -0.169. The lowest BCUT2D eigenvalue weighted by Gasteiger charge is -2.15. The maximum Gasteiger partial charge on any atom is 0.344 e. The minimum atomic E-state index is -1.20. The third-order valence-electron chi connectivity index (χ3n) is 3.57. The number of benzene rings is 2. The average Bonchev–Trinajstić information content (AvgIpc) is 2.67. The van der Waals surface area contributed by atoms with Gasteiger partial charge in [-0.2, -0.15) is 0 Å². The number of nitrogens with zero attached hydrogens (tertiary/aromatic N) is 1. The minimum Gasteiger partial charge on any atom is -0.495 e. The first-order chi connectivity index (χ1) is 13.7. The summed E-state index contributed by atoms with van der Waals surface area (Å²) < 4.78 is 15.3. The summed E-state index contributed by atoms with van der Waals surface area (Å²) in [5.74, 6) is -1.08. The van der Waals surface area contributed by atoms with Crippen molar-refractivity contribution in [2.24, 2.45) is 0 Å². The van der Waals surface area contributed by atoms with Crippen LogP contribution in [0, 0.1) is 10.1 Å². The molecule has 0 aliphatic carbocycles. The molecule has 2 aromatic carbocycles. The van der Waals surface area contributed by atoms with Crippen LogP contribution in [0.25, 0.3) is 0 Å². The zero-order valence-corrected chi connectivity index (χ0v) is 16.8. The van der Waals surface area contributed by atoms with E-state index in [2.05, 4.69) is 5.32 Å². The zero-order chi connectivity index (χ0) is 21.6. The summed E-state index contributed by atoms with van der Waals surface area (Å²) in [6.07, 6.45) is -1.20. The molecule has 0 saturated carbocycles. The van der Waals surface area contributed by atoms with Crippen molar-refractivity contribution in [1.29, 1.82) is 0 Å². The molecule has 0 spiro atoms. The molecular weight excluding hydrogens is 427 g/mol. The number of hydrogen-bond donors (Lipinski definition) is 1. The number of anilines is 1. The van der Waals surface area contributed by atoms with Crippen LogP contribution in [0.15, 0.2) is 36.4 Å². The van der Waals surface area contributed by atoms with E-state index in [-0.39, 0.29) is 27.9 Å². The molecule has 0 unspecified atom stereocenters. The van der Waals surface area contributed by atoms with Crippen molar-refractivity contribution < 1.29 is 28.7 Å². The number of rotatable bonds is 8. The largest absolute Gasteiger partial charge is 0.495 e. The van der Waals surface area contributed by atoms with Crippen molar-refractivity contribution in [2.45, 2.75) is 13.0 Å². The van der Waals surface area contributed by atoms with E-state index >= 15 is 0 Å². The van der Waals surface area contributed by atoms with Gasteiger partial charge in [0.2, 0.25) is 0 Å². The van der Waals surface area contributed by atoms with E-state index in [9.17, 15) is 19.7 Å². The van der Waals surface area contributed by atoms with Crippen LogP contribution >= 0.6 is 23.2 Å². The molecule has 2 rings (SSSR count). The number of halogens is 2. The molecule has 0 heterocycles. The molecular formula is C18H16Cl2N2O7. The van der Waals surface area contributed by atoms with Crippen LogP contribution in [0.2, 0.25) is 10.0 Å². The molecule has 1 N–H and O–H groups in total. The van der Waals surface area contributed by atoms with Crippen LogP contribution in [-0.4, -0.2) is 36.6 Å². The molecule has 2 aromatic rings. The maximum atomic E-state index is 12.3. The van der Waals surface area contributed by atoms with Gasteiger partial charge in [-0.25, -0.2) is 4.79 Å². The van der Waals surface area contributed by atoms with Gasteiger partial charge in [0.05, 0.1) is 22.7 Å². The highest BCUT2D eigenvalue weighted by Crippen LogP contribution is 2.29. The fourth-order valence-corrected chi connectivity index (χ4v) is 2.62. The van der Waals surface area contributed by atoms with Crippen molar-refractivity contribution in [3.05, 3.63) is 56.6 Å². The lowest BCUT2D eigenvalue weighted by atomic mass is 10.2. The lowest BCUT2D eigenvalue weighted by molar-refractivity contribution is -0.384. The Morgan fingerprint density at radius 1 is 1.17 bits per heavy atom. The first kappa shape index (κ1) is 22.3. The molecule has 0 radical (unpaired) electrons. The molecule has 1 amide bonds. The van der Waals surface area contributed by atoms with E-state index in [1.165, 1.54) is 44.4 Å². The van der Waals surface area contributed by atoms with Crippen LogP contribution in [0.3, 0.4) is 0 Å². The highest BCUT2D eigenvalue weighted by Gasteiger charge is 2.21. The van der Waals surface area contributed by atoms with E-state index < -0.39 is 29.5 Å². The number of nitro benzene ring substituents is 1. The fraction of sp³-hybridized carbons (Fsp3) is 0.222. The number of hydrogen-bond acceptors (Lipinski definition) is 7. The van der Waals surface area contributed by atoms with E-state index in [1.54, 1.807) is 0 Å². The number of nitrogens with one attached hydrogen (secondary N) is 1. The standard InChI is InChI=1S/C18H16Cl2N2O7/c1-10(29-17(23)9-28-15-5-3-11(19)7-13(15)20)18(24)21-14-8-12(22(25)26)4-6-16(14)27-2/h3-8,10H,9H2,1-2H3,(H,21,24)/t10-/m1/s1.